The van der Waals surface area contributed by atoms with Gasteiger partial charge in [0, 0.05) is 48.7 Å². The summed E-state index contributed by atoms with van der Waals surface area (Å²) in [5.74, 6) is -0.690. The minimum atomic E-state index is -0.670. The van der Waals surface area contributed by atoms with E-state index in [2.05, 4.69) is 10.3 Å². The lowest BCUT2D eigenvalue weighted by atomic mass is 10.2. The molecule has 2 aromatic rings. The summed E-state index contributed by atoms with van der Waals surface area (Å²) in [5, 5.41) is 3.24. The fourth-order valence-corrected chi connectivity index (χ4v) is 1.68. The normalized spacial score (nSPS) is 10.8. The van der Waals surface area contributed by atoms with Crippen molar-refractivity contribution in [3.05, 3.63) is 53.9 Å². The Balaban J connectivity index is 2.20. The number of nitrogens with zero attached hydrogens (tertiary/aromatic N) is 1. The molecular formula is C15H16F2N2O. The van der Waals surface area contributed by atoms with Crippen molar-refractivity contribution in [1.82, 2.24) is 10.3 Å². The Morgan fingerprint density at radius 1 is 1.20 bits per heavy atom. The molecule has 0 radical (unpaired) electrons. The van der Waals surface area contributed by atoms with Crippen molar-refractivity contribution >= 4 is 0 Å². The summed E-state index contributed by atoms with van der Waals surface area (Å²) in [5.41, 5.74) is 0.825. The molecule has 0 aliphatic carbocycles. The van der Waals surface area contributed by atoms with E-state index in [1.165, 1.54) is 0 Å². The number of hydrogen-bond acceptors (Lipinski definition) is 3. The van der Waals surface area contributed by atoms with Gasteiger partial charge >= 0.3 is 0 Å². The van der Waals surface area contributed by atoms with Crippen molar-refractivity contribution in [2.75, 3.05) is 0 Å². The predicted octanol–water partition coefficient (Wildman–Crippen LogP) is 3.65. The predicted molar refractivity (Wildman–Crippen MR) is 72.6 cm³/mol. The summed E-state index contributed by atoms with van der Waals surface area (Å²) in [6, 6.07) is 5.07. The van der Waals surface area contributed by atoms with E-state index in [9.17, 15) is 8.78 Å². The van der Waals surface area contributed by atoms with Crippen molar-refractivity contribution in [2.45, 2.75) is 26.4 Å². The maximum absolute atomic E-state index is 13.1. The molecule has 0 aliphatic heterocycles. The Bertz CT molecular complexity index is 568. The lowest BCUT2D eigenvalue weighted by Gasteiger charge is -2.13. The molecule has 1 aromatic carbocycles. The average molecular weight is 278 g/mol. The quantitative estimate of drug-likeness (QED) is 0.906. The summed E-state index contributed by atoms with van der Waals surface area (Å²) in [6.07, 6.45) is 3.24. The van der Waals surface area contributed by atoms with Crippen LogP contribution in [0.25, 0.3) is 0 Å². The molecule has 0 amide bonds. The third-order valence-electron chi connectivity index (χ3n) is 2.62. The molecule has 1 aromatic heterocycles. The minimum absolute atomic E-state index is 0.125. The topological polar surface area (TPSA) is 34.2 Å². The molecule has 2 rings (SSSR count). The van der Waals surface area contributed by atoms with Gasteiger partial charge in [-0.15, -0.1) is 0 Å². The Labute approximate surface area is 116 Å². The van der Waals surface area contributed by atoms with Crippen molar-refractivity contribution in [3.63, 3.8) is 0 Å². The first-order valence-electron chi connectivity index (χ1n) is 6.35. The van der Waals surface area contributed by atoms with Crippen molar-refractivity contribution < 1.29 is 13.5 Å². The molecule has 0 saturated heterocycles. The number of ether oxygens (including phenoxy) is 1. The first-order chi connectivity index (χ1) is 9.54. The lowest BCUT2D eigenvalue weighted by molar-refractivity contribution is 0.457. The maximum Gasteiger partial charge on any atom is 0.134 e. The SMILES string of the molecule is CC(C)NCc1cnccc1Oc1cc(F)cc(F)c1. The Morgan fingerprint density at radius 3 is 2.55 bits per heavy atom. The molecule has 1 heterocycles. The second-order valence-corrected chi connectivity index (χ2v) is 4.73. The number of hydrogen-bond donors (Lipinski definition) is 1. The Morgan fingerprint density at radius 2 is 1.90 bits per heavy atom. The van der Waals surface area contributed by atoms with Gasteiger partial charge < -0.3 is 10.1 Å². The van der Waals surface area contributed by atoms with E-state index in [0.29, 0.717) is 18.3 Å². The molecular weight excluding hydrogens is 262 g/mol. The zero-order valence-electron chi connectivity index (χ0n) is 11.4. The van der Waals surface area contributed by atoms with Gasteiger partial charge in [0.2, 0.25) is 0 Å². The highest BCUT2D eigenvalue weighted by molar-refractivity contribution is 5.36. The van der Waals surface area contributed by atoms with Gasteiger partial charge in [0.1, 0.15) is 23.1 Å². The van der Waals surface area contributed by atoms with E-state index in [-0.39, 0.29) is 5.75 Å². The van der Waals surface area contributed by atoms with Crippen LogP contribution in [0.1, 0.15) is 19.4 Å². The van der Waals surface area contributed by atoms with E-state index in [4.69, 9.17) is 4.74 Å². The summed E-state index contributed by atoms with van der Waals surface area (Å²) in [7, 11) is 0. The number of aromatic nitrogens is 1. The van der Waals surface area contributed by atoms with Gasteiger partial charge in [-0.05, 0) is 6.07 Å². The van der Waals surface area contributed by atoms with Crippen LogP contribution in [-0.2, 0) is 6.54 Å². The standard InChI is InChI=1S/C15H16F2N2O/c1-10(2)19-9-11-8-18-4-3-15(11)20-14-6-12(16)5-13(17)7-14/h3-8,10,19H,9H2,1-2H3. The molecule has 5 heteroatoms. The van der Waals surface area contributed by atoms with Crippen molar-refractivity contribution in [3.8, 4) is 11.5 Å². The van der Waals surface area contributed by atoms with Gasteiger partial charge in [-0.25, -0.2) is 8.78 Å². The van der Waals surface area contributed by atoms with Crippen LogP contribution in [0.15, 0.2) is 36.7 Å². The van der Waals surface area contributed by atoms with Crippen LogP contribution in [-0.4, -0.2) is 11.0 Å². The zero-order valence-corrected chi connectivity index (χ0v) is 11.4. The number of rotatable bonds is 5. The third-order valence-corrected chi connectivity index (χ3v) is 2.62. The van der Waals surface area contributed by atoms with Gasteiger partial charge in [-0.2, -0.15) is 0 Å². The van der Waals surface area contributed by atoms with E-state index < -0.39 is 11.6 Å². The highest BCUT2D eigenvalue weighted by Crippen LogP contribution is 2.26. The summed E-state index contributed by atoms with van der Waals surface area (Å²) >= 11 is 0. The number of nitrogens with one attached hydrogen (secondary N) is 1. The molecule has 106 valence electrons. The molecule has 0 bridgehead atoms. The number of benzene rings is 1. The highest BCUT2D eigenvalue weighted by Gasteiger charge is 2.08. The monoisotopic (exact) mass is 278 g/mol. The smallest absolute Gasteiger partial charge is 0.134 e. The van der Waals surface area contributed by atoms with Crippen LogP contribution in [0.2, 0.25) is 0 Å². The Kier molecular flexibility index (Phi) is 4.63. The van der Waals surface area contributed by atoms with Crippen LogP contribution in [0, 0.1) is 11.6 Å². The van der Waals surface area contributed by atoms with Crippen LogP contribution >= 0.6 is 0 Å². The van der Waals surface area contributed by atoms with Gasteiger partial charge in [0.15, 0.2) is 0 Å². The molecule has 0 spiro atoms. The van der Waals surface area contributed by atoms with E-state index in [1.807, 2.05) is 13.8 Å². The fourth-order valence-electron chi connectivity index (χ4n) is 1.68. The second kappa shape index (κ2) is 6.43. The maximum atomic E-state index is 13.1. The molecule has 20 heavy (non-hydrogen) atoms. The van der Waals surface area contributed by atoms with Gasteiger partial charge in [-0.1, -0.05) is 13.8 Å². The molecule has 0 atom stereocenters. The first-order valence-corrected chi connectivity index (χ1v) is 6.35. The third kappa shape index (κ3) is 3.99. The molecule has 0 fully saturated rings. The average Bonchev–Trinajstić information content (AvgIpc) is 2.36. The highest BCUT2D eigenvalue weighted by atomic mass is 19.1. The van der Waals surface area contributed by atoms with E-state index in [1.54, 1.807) is 18.5 Å². The second-order valence-electron chi connectivity index (χ2n) is 4.73. The summed E-state index contributed by atoms with van der Waals surface area (Å²) in [4.78, 5) is 4.03. The molecule has 3 nitrogen and oxygen atoms in total. The van der Waals surface area contributed by atoms with Gasteiger partial charge in [0.25, 0.3) is 0 Å². The fraction of sp³-hybridized carbons (Fsp3) is 0.267. The largest absolute Gasteiger partial charge is 0.457 e. The van der Waals surface area contributed by atoms with E-state index in [0.717, 1.165) is 23.8 Å². The van der Waals surface area contributed by atoms with Crippen LogP contribution in [0.5, 0.6) is 11.5 Å². The number of pyridine rings is 1. The molecule has 0 saturated carbocycles. The van der Waals surface area contributed by atoms with Gasteiger partial charge in [-0.3, -0.25) is 4.98 Å². The number of halogens is 2. The molecule has 0 unspecified atom stereocenters. The van der Waals surface area contributed by atoms with Crippen LogP contribution in [0.3, 0.4) is 0 Å². The Hall–Kier alpha value is -2.01. The van der Waals surface area contributed by atoms with Gasteiger partial charge in [0.05, 0.1) is 0 Å². The summed E-state index contributed by atoms with van der Waals surface area (Å²) < 4.78 is 31.8. The summed E-state index contributed by atoms with van der Waals surface area (Å²) in [6.45, 7) is 4.62. The first kappa shape index (κ1) is 14.4. The molecule has 0 aliphatic rings. The van der Waals surface area contributed by atoms with E-state index >= 15 is 0 Å². The van der Waals surface area contributed by atoms with Crippen molar-refractivity contribution in [1.29, 1.82) is 0 Å². The van der Waals surface area contributed by atoms with Crippen LogP contribution < -0.4 is 10.1 Å². The minimum Gasteiger partial charge on any atom is -0.457 e. The van der Waals surface area contributed by atoms with Crippen molar-refractivity contribution in [2.24, 2.45) is 0 Å². The van der Waals surface area contributed by atoms with Crippen LogP contribution in [0.4, 0.5) is 8.78 Å². The zero-order chi connectivity index (χ0) is 14.5. The molecule has 1 N–H and O–H groups in total. The lowest BCUT2D eigenvalue weighted by Crippen LogP contribution is -2.22.